The summed E-state index contributed by atoms with van der Waals surface area (Å²) in [4.78, 5) is 11.7. The normalized spacial score (nSPS) is 20.3. The lowest BCUT2D eigenvalue weighted by atomic mass is 9.77. The van der Waals surface area contributed by atoms with Crippen LogP contribution >= 0.6 is 15.9 Å². The predicted molar refractivity (Wildman–Crippen MR) is 88.9 cm³/mol. The number of halogens is 1. The molecular weight excluding hydrogens is 334 g/mol. The number of alkyl carbamates (subject to hydrolysis) is 1. The molecule has 0 spiro atoms. The molecule has 1 amide bonds. The molecule has 0 heterocycles. The van der Waals surface area contributed by atoms with Crippen LogP contribution in [-0.2, 0) is 9.47 Å². The summed E-state index contributed by atoms with van der Waals surface area (Å²) < 4.78 is 11.3. The Morgan fingerprint density at radius 3 is 2.38 bits per heavy atom. The summed E-state index contributed by atoms with van der Waals surface area (Å²) in [7, 11) is 0. The quantitative estimate of drug-likeness (QED) is 0.692. The Morgan fingerprint density at radius 1 is 1.33 bits per heavy atom. The second kappa shape index (κ2) is 7.82. The molecule has 1 fully saturated rings. The summed E-state index contributed by atoms with van der Waals surface area (Å²) in [6.45, 7) is 11.0. The number of carbonyl (C=O) groups is 1. The fraction of sp³-hybridized carbons (Fsp3) is 0.938. The molecule has 1 saturated carbocycles. The largest absolute Gasteiger partial charge is 0.444 e. The van der Waals surface area contributed by atoms with Gasteiger partial charge in [-0.2, -0.15) is 0 Å². The van der Waals surface area contributed by atoms with Crippen molar-refractivity contribution in [3.63, 3.8) is 0 Å². The smallest absolute Gasteiger partial charge is 0.407 e. The minimum atomic E-state index is -0.478. The van der Waals surface area contributed by atoms with Gasteiger partial charge in [-0.25, -0.2) is 4.79 Å². The van der Waals surface area contributed by atoms with Gasteiger partial charge in [0, 0.05) is 5.33 Å². The number of alkyl halides is 1. The van der Waals surface area contributed by atoms with Crippen molar-refractivity contribution in [2.75, 3.05) is 18.5 Å². The molecule has 0 aromatic rings. The minimum absolute atomic E-state index is 0.398. The van der Waals surface area contributed by atoms with E-state index in [4.69, 9.17) is 9.47 Å². The predicted octanol–water partition coefficient (Wildman–Crippen LogP) is 4.12. The highest BCUT2D eigenvalue weighted by atomic mass is 79.9. The molecule has 5 heteroatoms. The third kappa shape index (κ3) is 7.00. The van der Waals surface area contributed by atoms with Gasteiger partial charge < -0.3 is 14.8 Å². The molecule has 21 heavy (non-hydrogen) atoms. The Bertz CT molecular complexity index is 339. The topological polar surface area (TPSA) is 47.6 Å². The van der Waals surface area contributed by atoms with Gasteiger partial charge in [-0.15, -0.1) is 0 Å². The highest BCUT2D eigenvalue weighted by Crippen LogP contribution is 2.33. The highest BCUT2D eigenvalue weighted by molar-refractivity contribution is 9.09. The van der Waals surface area contributed by atoms with Crippen molar-refractivity contribution in [1.29, 1.82) is 0 Å². The number of amides is 1. The number of ether oxygens (including phenoxy) is 2. The summed E-state index contributed by atoms with van der Waals surface area (Å²) in [5.74, 6) is 1.39. The van der Waals surface area contributed by atoms with Crippen LogP contribution in [0.15, 0.2) is 0 Å². The van der Waals surface area contributed by atoms with E-state index in [0.29, 0.717) is 17.8 Å². The van der Waals surface area contributed by atoms with Gasteiger partial charge >= 0.3 is 6.09 Å². The average molecular weight is 364 g/mol. The van der Waals surface area contributed by atoms with Crippen molar-refractivity contribution < 1.29 is 14.3 Å². The molecule has 4 nitrogen and oxygen atoms in total. The molecule has 124 valence electrons. The summed E-state index contributed by atoms with van der Waals surface area (Å²) in [5, 5.41) is 3.47. The number of rotatable bonds is 7. The summed E-state index contributed by atoms with van der Waals surface area (Å²) in [6.07, 6.45) is 3.60. The third-order valence-corrected chi connectivity index (χ3v) is 5.12. The Hall–Kier alpha value is -0.290. The first-order chi connectivity index (χ1) is 9.65. The zero-order valence-electron chi connectivity index (χ0n) is 14.0. The maximum atomic E-state index is 11.7. The molecule has 2 atom stereocenters. The molecule has 0 bridgehead atoms. The van der Waals surface area contributed by atoms with Crippen LogP contribution in [0.4, 0.5) is 4.79 Å². The Morgan fingerprint density at radius 2 is 1.95 bits per heavy atom. The monoisotopic (exact) mass is 363 g/mol. The van der Waals surface area contributed by atoms with E-state index < -0.39 is 17.3 Å². The van der Waals surface area contributed by atoms with Crippen molar-refractivity contribution in [1.82, 2.24) is 5.32 Å². The van der Waals surface area contributed by atoms with E-state index in [1.807, 2.05) is 27.7 Å². The van der Waals surface area contributed by atoms with E-state index in [0.717, 1.165) is 12.5 Å². The molecule has 1 rings (SSSR count). The average Bonchev–Trinajstić information content (AvgIpc) is 2.30. The van der Waals surface area contributed by atoms with E-state index in [9.17, 15) is 4.79 Å². The van der Waals surface area contributed by atoms with Crippen LogP contribution in [0.25, 0.3) is 0 Å². The first kappa shape index (κ1) is 18.8. The van der Waals surface area contributed by atoms with Gasteiger partial charge in [-0.3, -0.25) is 0 Å². The molecule has 0 radical (unpaired) electrons. The number of carbonyl (C=O) groups excluding carboxylic acids is 1. The lowest BCUT2D eigenvalue weighted by molar-refractivity contribution is -0.0435. The van der Waals surface area contributed by atoms with Gasteiger partial charge in [0.1, 0.15) is 5.60 Å². The Kier molecular flexibility index (Phi) is 6.98. The third-order valence-electron chi connectivity index (χ3n) is 3.94. The first-order valence-corrected chi connectivity index (χ1v) is 8.94. The fourth-order valence-corrected chi connectivity index (χ4v) is 2.55. The van der Waals surface area contributed by atoms with Crippen LogP contribution in [0.2, 0.25) is 0 Å². The zero-order chi connectivity index (χ0) is 16.1. The molecule has 0 aromatic carbocycles. The molecule has 0 aromatic heterocycles. The fourth-order valence-electron chi connectivity index (χ4n) is 2.19. The minimum Gasteiger partial charge on any atom is -0.444 e. The van der Waals surface area contributed by atoms with Gasteiger partial charge in [0.05, 0.1) is 18.8 Å². The summed E-state index contributed by atoms with van der Waals surface area (Å²) >= 11 is 3.48. The standard InChI is InChI=1S/C16H30BrNO3/c1-12(13-7-6-8-13)9-20-16(5,10-17)11-18-14(19)21-15(2,3)4/h12-13H,6-11H2,1-5H3,(H,18,19). The van der Waals surface area contributed by atoms with E-state index >= 15 is 0 Å². The Labute approximate surface area is 137 Å². The highest BCUT2D eigenvalue weighted by Gasteiger charge is 2.29. The van der Waals surface area contributed by atoms with Crippen molar-refractivity contribution in [3.8, 4) is 0 Å². The van der Waals surface area contributed by atoms with Gasteiger partial charge in [-0.05, 0) is 39.5 Å². The lowest BCUT2D eigenvalue weighted by Crippen LogP contribution is -2.46. The van der Waals surface area contributed by atoms with Crippen LogP contribution in [0.3, 0.4) is 0 Å². The van der Waals surface area contributed by atoms with Crippen LogP contribution in [-0.4, -0.2) is 35.8 Å². The van der Waals surface area contributed by atoms with Crippen molar-refractivity contribution in [3.05, 3.63) is 0 Å². The number of nitrogens with one attached hydrogen (secondary N) is 1. The van der Waals surface area contributed by atoms with E-state index in [2.05, 4.69) is 28.2 Å². The van der Waals surface area contributed by atoms with Crippen LogP contribution in [0.5, 0.6) is 0 Å². The second-order valence-electron chi connectivity index (χ2n) is 7.42. The molecule has 1 aliphatic carbocycles. The Balaban J connectivity index is 2.34. The molecule has 1 aliphatic rings. The number of hydrogen-bond donors (Lipinski definition) is 1. The van der Waals surface area contributed by atoms with Crippen molar-refractivity contribution in [2.45, 2.75) is 65.1 Å². The molecule has 2 unspecified atom stereocenters. The van der Waals surface area contributed by atoms with Crippen LogP contribution in [0.1, 0.15) is 53.9 Å². The van der Waals surface area contributed by atoms with E-state index in [1.54, 1.807) is 0 Å². The van der Waals surface area contributed by atoms with Crippen LogP contribution in [0, 0.1) is 11.8 Å². The van der Waals surface area contributed by atoms with Crippen LogP contribution < -0.4 is 5.32 Å². The molecule has 0 aliphatic heterocycles. The lowest BCUT2D eigenvalue weighted by Gasteiger charge is -2.35. The second-order valence-corrected chi connectivity index (χ2v) is 7.98. The summed E-state index contributed by atoms with van der Waals surface area (Å²) in [6, 6.07) is 0. The maximum Gasteiger partial charge on any atom is 0.407 e. The molecule has 0 saturated heterocycles. The number of hydrogen-bond acceptors (Lipinski definition) is 3. The first-order valence-electron chi connectivity index (χ1n) is 7.82. The van der Waals surface area contributed by atoms with Gasteiger partial charge in [0.25, 0.3) is 0 Å². The summed E-state index contributed by atoms with van der Waals surface area (Å²) in [5.41, 5.74) is -0.886. The van der Waals surface area contributed by atoms with Gasteiger partial charge in [0.2, 0.25) is 0 Å². The van der Waals surface area contributed by atoms with Gasteiger partial charge in [-0.1, -0.05) is 42.1 Å². The molecular formula is C16H30BrNO3. The van der Waals surface area contributed by atoms with Crippen molar-refractivity contribution in [2.24, 2.45) is 11.8 Å². The molecule has 1 N–H and O–H groups in total. The van der Waals surface area contributed by atoms with Crippen molar-refractivity contribution >= 4 is 22.0 Å². The van der Waals surface area contributed by atoms with E-state index in [-0.39, 0.29) is 0 Å². The zero-order valence-corrected chi connectivity index (χ0v) is 15.6. The SMILES string of the molecule is CC(COC(C)(CBr)CNC(=O)OC(C)(C)C)C1CCC1. The van der Waals surface area contributed by atoms with Gasteiger partial charge in [0.15, 0.2) is 0 Å². The maximum absolute atomic E-state index is 11.7. The van der Waals surface area contributed by atoms with E-state index in [1.165, 1.54) is 19.3 Å².